The van der Waals surface area contributed by atoms with Crippen LogP contribution in [0.4, 0.5) is 0 Å². The second-order valence-corrected chi connectivity index (χ2v) is 9.43. The summed E-state index contributed by atoms with van der Waals surface area (Å²) in [5.74, 6) is -1.56. The first-order valence-corrected chi connectivity index (χ1v) is 11.2. The van der Waals surface area contributed by atoms with Crippen LogP contribution in [0, 0.1) is 6.92 Å². The minimum atomic E-state index is -3.80. The van der Waals surface area contributed by atoms with E-state index in [2.05, 4.69) is 15.6 Å². The number of sulfone groups is 1. The SMILES string of the molecule is Cc1ccc(S(=O)(=O)[C@H](CNC(=O)C(=O)NC2CCCC2)c2cccnc2)cc1. The fraction of sp³-hybridized carbons (Fsp3) is 0.381. The fourth-order valence-corrected chi connectivity index (χ4v) is 5.10. The van der Waals surface area contributed by atoms with Crippen molar-refractivity contribution in [2.75, 3.05) is 6.54 Å². The molecule has 154 valence electrons. The lowest BCUT2D eigenvalue weighted by Crippen LogP contribution is -2.45. The summed E-state index contributed by atoms with van der Waals surface area (Å²) in [5.41, 5.74) is 1.39. The van der Waals surface area contributed by atoms with Crippen molar-refractivity contribution >= 4 is 21.7 Å². The third-order valence-corrected chi connectivity index (χ3v) is 7.24. The summed E-state index contributed by atoms with van der Waals surface area (Å²) in [6.45, 7) is 1.65. The van der Waals surface area contributed by atoms with Crippen LogP contribution in [0.3, 0.4) is 0 Å². The van der Waals surface area contributed by atoms with Crippen molar-refractivity contribution in [3.63, 3.8) is 0 Å². The number of aryl methyl sites for hydroxylation is 1. The number of hydrogen-bond acceptors (Lipinski definition) is 5. The van der Waals surface area contributed by atoms with Crippen molar-refractivity contribution in [1.82, 2.24) is 15.6 Å². The van der Waals surface area contributed by atoms with Gasteiger partial charge in [0.15, 0.2) is 9.84 Å². The molecule has 8 heteroatoms. The molecular weight excluding hydrogens is 390 g/mol. The molecule has 1 atom stereocenters. The summed E-state index contributed by atoms with van der Waals surface area (Å²) in [5, 5.41) is 4.14. The molecule has 2 aromatic rings. The van der Waals surface area contributed by atoms with Gasteiger partial charge in [0.2, 0.25) is 0 Å². The van der Waals surface area contributed by atoms with Crippen molar-refractivity contribution < 1.29 is 18.0 Å². The van der Waals surface area contributed by atoms with E-state index in [4.69, 9.17) is 0 Å². The standard InChI is InChI=1S/C21H25N3O4S/c1-15-8-10-18(11-9-15)29(27,28)19(16-5-4-12-22-13-16)14-23-20(25)21(26)24-17-6-2-3-7-17/h4-5,8-13,17,19H,2-3,6-7,14H2,1H3,(H,23,25)(H,24,26)/t19-/m1/s1. The van der Waals surface area contributed by atoms with Gasteiger partial charge in [-0.05, 0) is 43.5 Å². The highest BCUT2D eigenvalue weighted by atomic mass is 32.2. The number of carbonyl (C=O) groups excluding carboxylic acids is 2. The summed E-state index contributed by atoms with van der Waals surface area (Å²) in [6, 6.07) is 9.83. The maximum atomic E-state index is 13.2. The van der Waals surface area contributed by atoms with Gasteiger partial charge in [0.05, 0.1) is 4.90 Å². The molecule has 7 nitrogen and oxygen atoms in total. The highest BCUT2D eigenvalue weighted by Crippen LogP contribution is 2.28. The normalized spacial score (nSPS) is 15.6. The van der Waals surface area contributed by atoms with Crippen molar-refractivity contribution in [2.24, 2.45) is 0 Å². The molecule has 1 fully saturated rings. The highest BCUT2D eigenvalue weighted by Gasteiger charge is 2.31. The van der Waals surface area contributed by atoms with Crippen LogP contribution in [-0.2, 0) is 19.4 Å². The molecule has 1 aromatic heterocycles. The minimum Gasteiger partial charge on any atom is -0.346 e. The van der Waals surface area contributed by atoms with Gasteiger partial charge in [0, 0.05) is 25.0 Å². The molecular formula is C21H25N3O4S. The Kier molecular flexibility index (Phi) is 6.64. The smallest absolute Gasteiger partial charge is 0.309 e. The van der Waals surface area contributed by atoms with Gasteiger partial charge < -0.3 is 10.6 Å². The number of amides is 2. The largest absolute Gasteiger partial charge is 0.346 e. The van der Waals surface area contributed by atoms with E-state index in [0.717, 1.165) is 31.2 Å². The first-order chi connectivity index (χ1) is 13.9. The third-order valence-electron chi connectivity index (χ3n) is 5.12. The van der Waals surface area contributed by atoms with E-state index < -0.39 is 26.9 Å². The van der Waals surface area contributed by atoms with E-state index >= 15 is 0 Å². The average molecular weight is 416 g/mol. The summed E-state index contributed by atoms with van der Waals surface area (Å²) in [6.07, 6.45) is 6.79. The van der Waals surface area contributed by atoms with Gasteiger partial charge in [0.1, 0.15) is 5.25 Å². The molecule has 1 heterocycles. The van der Waals surface area contributed by atoms with Crippen LogP contribution >= 0.6 is 0 Å². The first-order valence-electron chi connectivity index (χ1n) is 9.67. The summed E-state index contributed by atoms with van der Waals surface area (Å²) < 4.78 is 26.5. The van der Waals surface area contributed by atoms with Crippen molar-refractivity contribution in [2.45, 2.75) is 48.8 Å². The predicted octanol–water partition coefficient (Wildman–Crippen LogP) is 2.08. The summed E-state index contributed by atoms with van der Waals surface area (Å²) >= 11 is 0. The zero-order chi connectivity index (χ0) is 20.9. The average Bonchev–Trinajstić information content (AvgIpc) is 3.22. The monoisotopic (exact) mass is 415 g/mol. The fourth-order valence-electron chi connectivity index (χ4n) is 3.45. The molecule has 29 heavy (non-hydrogen) atoms. The second-order valence-electron chi connectivity index (χ2n) is 7.30. The van der Waals surface area contributed by atoms with E-state index in [1.807, 2.05) is 6.92 Å². The van der Waals surface area contributed by atoms with E-state index in [1.165, 1.54) is 6.20 Å². The Morgan fingerprint density at radius 1 is 1.10 bits per heavy atom. The molecule has 0 spiro atoms. The van der Waals surface area contributed by atoms with Crippen molar-refractivity contribution in [3.05, 3.63) is 59.9 Å². The first kappa shape index (κ1) is 21.0. The summed E-state index contributed by atoms with van der Waals surface area (Å²) in [7, 11) is -3.80. The molecule has 2 amide bonds. The zero-order valence-electron chi connectivity index (χ0n) is 16.3. The maximum Gasteiger partial charge on any atom is 0.309 e. The number of nitrogens with one attached hydrogen (secondary N) is 2. The quantitative estimate of drug-likeness (QED) is 0.703. The Bertz CT molecular complexity index is 953. The topological polar surface area (TPSA) is 105 Å². The Balaban J connectivity index is 1.76. The Labute approximate surface area is 170 Å². The van der Waals surface area contributed by atoms with Crippen LogP contribution in [0.5, 0.6) is 0 Å². The van der Waals surface area contributed by atoms with Crippen molar-refractivity contribution in [3.8, 4) is 0 Å². The van der Waals surface area contributed by atoms with E-state index in [0.29, 0.717) is 5.56 Å². The molecule has 2 N–H and O–H groups in total. The lowest BCUT2D eigenvalue weighted by atomic mass is 10.2. The summed E-state index contributed by atoms with van der Waals surface area (Å²) in [4.78, 5) is 28.5. The molecule has 1 aromatic carbocycles. The third kappa shape index (κ3) is 5.20. The zero-order valence-corrected chi connectivity index (χ0v) is 17.1. The van der Waals surface area contributed by atoms with Gasteiger partial charge in [-0.3, -0.25) is 14.6 Å². The van der Waals surface area contributed by atoms with Crippen LogP contribution in [-0.4, -0.2) is 37.8 Å². The molecule has 0 bridgehead atoms. The van der Waals surface area contributed by atoms with Crippen molar-refractivity contribution in [1.29, 1.82) is 0 Å². The molecule has 1 saturated carbocycles. The molecule has 1 aliphatic rings. The molecule has 0 radical (unpaired) electrons. The molecule has 3 rings (SSSR count). The number of carbonyl (C=O) groups is 2. The van der Waals surface area contributed by atoms with Crippen LogP contribution < -0.4 is 10.6 Å². The minimum absolute atomic E-state index is 0.0126. The lowest BCUT2D eigenvalue weighted by Gasteiger charge is -2.19. The van der Waals surface area contributed by atoms with Gasteiger partial charge in [-0.1, -0.05) is 36.6 Å². The Hall–Kier alpha value is -2.74. The molecule has 0 aliphatic heterocycles. The number of pyridine rings is 1. The van der Waals surface area contributed by atoms with Crippen LogP contribution in [0.1, 0.15) is 42.1 Å². The molecule has 0 saturated heterocycles. The number of rotatable bonds is 6. The number of hydrogen-bond donors (Lipinski definition) is 2. The van der Waals surface area contributed by atoms with Gasteiger partial charge in [-0.15, -0.1) is 0 Å². The molecule has 0 unspecified atom stereocenters. The van der Waals surface area contributed by atoms with E-state index in [-0.39, 0.29) is 17.5 Å². The predicted molar refractivity (Wildman–Crippen MR) is 109 cm³/mol. The Morgan fingerprint density at radius 2 is 1.79 bits per heavy atom. The van der Waals surface area contributed by atoms with Gasteiger partial charge >= 0.3 is 11.8 Å². The molecule has 1 aliphatic carbocycles. The van der Waals surface area contributed by atoms with Gasteiger partial charge in [-0.2, -0.15) is 0 Å². The van der Waals surface area contributed by atoms with Crippen LogP contribution in [0.25, 0.3) is 0 Å². The van der Waals surface area contributed by atoms with Crippen LogP contribution in [0.2, 0.25) is 0 Å². The number of aromatic nitrogens is 1. The van der Waals surface area contributed by atoms with Gasteiger partial charge in [-0.25, -0.2) is 8.42 Å². The van der Waals surface area contributed by atoms with E-state index in [1.54, 1.807) is 42.6 Å². The number of nitrogens with zero attached hydrogens (tertiary/aromatic N) is 1. The van der Waals surface area contributed by atoms with Gasteiger partial charge in [0.25, 0.3) is 0 Å². The van der Waals surface area contributed by atoms with E-state index in [9.17, 15) is 18.0 Å². The highest BCUT2D eigenvalue weighted by molar-refractivity contribution is 7.91. The lowest BCUT2D eigenvalue weighted by molar-refractivity contribution is -0.139. The number of benzene rings is 1. The maximum absolute atomic E-state index is 13.2. The van der Waals surface area contributed by atoms with Crippen LogP contribution in [0.15, 0.2) is 53.7 Å². The Morgan fingerprint density at radius 3 is 2.41 bits per heavy atom. The second kappa shape index (κ2) is 9.17.